The molecule has 1 saturated heterocycles. The normalized spacial score (nSPS) is 24.6. The van der Waals surface area contributed by atoms with Crippen LogP contribution in [0.1, 0.15) is 37.3 Å². The lowest BCUT2D eigenvalue weighted by atomic mass is 9.82. The number of rotatable bonds is 1. The average molecular weight is 260 g/mol. The van der Waals surface area contributed by atoms with Gasteiger partial charge in [-0.1, -0.05) is 38.8 Å². The number of thioether (sulfide) groups is 1. The third-order valence-electron chi connectivity index (χ3n) is 3.47. The average Bonchev–Trinajstić information content (AvgIpc) is 2.38. The van der Waals surface area contributed by atoms with E-state index in [1.165, 1.54) is 5.56 Å². The zero-order valence-corrected chi connectivity index (χ0v) is 12.1. The maximum Gasteiger partial charge on any atom is 0.128 e. The summed E-state index contributed by atoms with van der Waals surface area (Å²) in [7, 11) is 0. The van der Waals surface area contributed by atoms with E-state index in [0.717, 1.165) is 17.9 Å². The van der Waals surface area contributed by atoms with Gasteiger partial charge in [0.15, 0.2) is 0 Å². The van der Waals surface area contributed by atoms with Crippen molar-refractivity contribution >= 4 is 11.8 Å². The highest BCUT2D eigenvalue weighted by molar-refractivity contribution is 7.99. The number of hydrogen-bond acceptors (Lipinski definition) is 2. The molecule has 1 aliphatic rings. The Kier molecular flexibility index (Phi) is 4.04. The van der Waals surface area contributed by atoms with Crippen LogP contribution in [0, 0.1) is 23.7 Å². The number of ether oxygens (including phenoxy) is 1. The molecule has 2 unspecified atom stereocenters. The van der Waals surface area contributed by atoms with Crippen molar-refractivity contribution in [3.05, 3.63) is 35.4 Å². The molecule has 0 N–H and O–H groups in total. The second-order valence-corrected chi connectivity index (χ2v) is 6.92. The van der Waals surface area contributed by atoms with Gasteiger partial charge in [0.1, 0.15) is 5.44 Å². The minimum atomic E-state index is 0.162. The third kappa shape index (κ3) is 3.10. The van der Waals surface area contributed by atoms with Crippen molar-refractivity contribution in [1.82, 2.24) is 0 Å². The van der Waals surface area contributed by atoms with Crippen LogP contribution in [0.15, 0.2) is 24.3 Å². The van der Waals surface area contributed by atoms with Crippen LogP contribution in [0.4, 0.5) is 0 Å². The lowest BCUT2D eigenvalue weighted by Gasteiger charge is -2.36. The predicted molar refractivity (Wildman–Crippen MR) is 78.5 cm³/mol. The van der Waals surface area contributed by atoms with Crippen molar-refractivity contribution in [3.8, 4) is 12.3 Å². The van der Waals surface area contributed by atoms with E-state index in [0.29, 0.717) is 11.3 Å². The molecule has 0 spiro atoms. The topological polar surface area (TPSA) is 9.23 Å². The Morgan fingerprint density at radius 1 is 1.28 bits per heavy atom. The molecule has 2 atom stereocenters. The molecule has 1 fully saturated rings. The molecule has 2 rings (SSSR count). The van der Waals surface area contributed by atoms with Crippen LogP contribution in [0.3, 0.4) is 0 Å². The molecule has 1 aromatic rings. The molecule has 0 bridgehead atoms. The molecule has 1 nitrogen and oxygen atoms in total. The maximum absolute atomic E-state index is 5.99. The summed E-state index contributed by atoms with van der Waals surface area (Å²) < 4.78 is 5.99. The van der Waals surface area contributed by atoms with Crippen molar-refractivity contribution in [3.63, 3.8) is 0 Å². The summed E-state index contributed by atoms with van der Waals surface area (Å²) in [5.41, 5.74) is 2.62. The quantitative estimate of drug-likeness (QED) is 0.703. The molecule has 1 heterocycles. The summed E-state index contributed by atoms with van der Waals surface area (Å²) in [6, 6.07) is 8.11. The Morgan fingerprint density at radius 2 is 1.94 bits per heavy atom. The summed E-state index contributed by atoms with van der Waals surface area (Å²) in [6.45, 7) is 7.69. The van der Waals surface area contributed by atoms with Gasteiger partial charge in [0.05, 0.1) is 6.61 Å². The molecule has 0 aromatic heterocycles. The lowest BCUT2D eigenvalue weighted by molar-refractivity contribution is 0.0396. The largest absolute Gasteiger partial charge is 0.362 e. The van der Waals surface area contributed by atoms with E-state index in [1.54, 1.807) is 0 Å². The molecule has 1 aromatic carbocycles. The fraction of sp³-hybridized carbons (Fsp3) is 0.500. The van der Waals surface area contributed by atoms with E-state index in [2.05, 4.69) is 38.8 Å². The van der Waals surface area contributed by atoms with Crippen LogP contribution in [0.25, 0.3) is 0 Å². The van der Waals surface area contributed by atoms with Crippen molar-refractivity contribution in [2.75, 3.05) is 12.4 Å². The van der Waals surface area contributed by atoms with Crippen LogP contribution in [0.5, 0.6) is 0 Å². The van der Waals surface area contributed by atoms with Gasteiger partial charge in [0.2, 0.25) is 0 Å². The molecule has 0 aliphatic carbocycles. The molecular weight excluding hydrogens is 240 g/mol. The minimum absolute atomic E-state index is 0.162. The molecule has 18 heavy (non-hydrogen) atoms. The Hall–Kier alpha value is -0.910. The van der Waals surface area contributed by atoms with Gasteiger partial charge >= 0.3 is 0 Å². The van der Waals surface area contributed by atoms with E-state index in [-0.39, 0.29) is 5.44 Å². The first kappa shape index (κ1) is 13.5. The van der Waals surface area contributed by atoms with Crippen molar-refractivity contribution < 1.29 is 4.74 Å². The third-order valence-corrected chi connectivity index (χ3v) is 4.78. The minimum Gasteiger partial charge on any atom is -0.362 e. The smallest absolute Gasteiger partial charge is 0.128 e. The van der Waals surface area contributed by atoms with Gasteiger partial charge in [-0.15, -0.1) is 18.2 Å². The van der Waals surface area contributed by atoms with Gasteiger partial charge in [-0.2, -0.15) is 0 Å². The Labute approximate surface area is 114 Å². The van der Waals surface area contributed by atoms with Gasteiger partial charge in [0, 0.05) is 11.3 Å². The second kappa shape index (κ2) is 5.38. The molecule has 1 aliphatic heterocycles. The summed E-state index contributed by atoms with van der Waals surface area (Å²) in [5, 5.41) is 0. The highest BCUT2D eigenvalue weighted by atomic mass is 32.2. The first-order valence-electron chi connectivity index (χ1n) is 6.30. The second-order valence-electron chi connectivity index (χ2n) is 5.83. The van der Waals surface area contributed by atoms with Crippen LogP contribution in [-0.4, -0.2) is 12.4 Å². The number of hydrogen-bond donors (Lipinski definition) is 0. The zero-order valence-electron chi connectivity index (χ0n) is 11.3. The van der Waals surface area contributed by atoms with Crippen LogP contribution >= 0.6 is 11.8 Å². The van der Waals surface area contributed by atoms with Gasteiger partial charge in [-0.05, 0) is 29.0 Å². The van der Waals surface area contributed by atoms with Gasteiger partial charge in [0.25, 0.3) is 0 Å². The summed E-state index contributed by atoms with van der Waals surface area (Å²) in [5.74, 6) is 4.42. The van der Waals surface area contributed by atoms with Gasteiger partial charge < -0.3 is 4.74 Å². The van der Waals surface area contributed by atoms with Crippen molar-refractivity contribution in [2.45, 2.75) is 26.2 Å². The fourth-order valence-corrected chi connectivity index (χ4v) is 3.46. The van der Waals surface area contributed by atoms with Crippen LogP contribution in [-0.2, 0) is 4.74 Å². The summed E-state index contributed by atoms with van der Waals surface area (Å²) in [6.07, 6.45) is 5.36. The molecular formula is C16H20OS. The first-order valence-corrected chi connectivity index (χ1v) is 7.35. The fourth-order valence-electron chi connectivity index (χ4n) is 1.93. The molecule has 0 amide bonds. The highest BCUT2D eigenvalue weighted by Crippen LogP contribution is 2.41. The van der Waals surface area contributed by atoms with E-state index < -0.39 is 0 Å². The van der Waals surface area contributed by atoms with E-state index in [4.69, 9.17) is 11.2 Å². The first-order chi connectivity index (χ1) is 8.50. The Morgan fingerprint density at radius 3 is 2.39 bits per heavy atom. The highest BCUT2D eigenvalue weighted by Gasteiger charge is 2.31. The molecule has 2 heteroatoms. The lowest BCUT2D eigenvalue weighted by Crippen LogP contribution is -2.31. The van der Waals surface area contributed by atoms with Gasteiger partial charge in [-0.25, -0.2) is 0 Å². The standard InChI is InChI=1S/C16H20OS/c1-5-12-6-8-13(9-7-12)15-17-10-14(11-18-15)16(2,3)4/h1,6-9,14-15H,10-11H2,2-4H3. The van der Waals surface area contributed by atoms with E-state index in [1.807, 2.05) is 23.9 Å². The summed E-state index contributed by atoms with van der Waals surface area (Å²) in [4.78, 5) is 0. The molecule has 0 saturated carbocycles. The summed E-state index contributed by atoms with van der Waals surface area (Å²) >= 11 is 1.89. The van der Waals surface area contributed by atoms with Crippen LogP contribution in [0.2, 0.25) is 0 Å². The molecule has 0 radical (unpaired) electrons. The van der Waals surface area contributed by atoms with Crippen molar-refractivity contribution in [2.24, 2.45) is 11.3 Å². The number of benzene rings is 1. The predicted octanol–water partition coefficient (Wildman–Crippen LogP) is 4.09. The zero-order chi connectivity index (χ0) is 13.2. The van der Waals surface area contributed by atoms with E-state index >= 15 is 0 Å². The molecule has 96 valence electrons. The van der Waals surface area contributed by atoms with Crippen molar-refractivity contribution in [1.29, 1.82) is 0 Å². The van der Waals surface area contributed by atoms with Gasteiger partial charge in [-0.3, -0.25) is 0 Å². The van der Waals surface area contributed by atoms with Crippen LogP contribution < -0.4 is 0 Å². The van der Waals surface area contributed by atoms with E-state index in [9.17, 15) is 0 Å². The monoisotopic (exact) mass is 260 g/mol. The Bertz CT molecular complexity index is 428. The SMILES string of the molecule is C#Cc1ccc(C2OCC(C(C)(C)C)CS2)cc1. The number of terminal acetylenes is 1. The maximum atomic E-state index is 5.99. The Balaban J connectivity index is 1.99.